The van der Waals surface area contributed by atoms with Crippen LogP contribution in [0.4, 0.5) is 5.69 Å². The second-order valence-electron chi connectivity index (χ2n) is 5.08. The lowest BCUT2D eigenvalue weighted by Gasteiger charge is -2.35. The van der Waals surface area contributed by atoms with Crippen LogP contribution in [0.1, 0.15) is 25.7 Å². The maximum Gasteiger partial charge on any atom is 0.306 e. The lowest BCUT2D eigenvalue weighted by molar-refractivity contribution is -0.144. The van der Waals surface area contributed by atoms with Gasteiger partial charge in [-0.05, 0) is 47.7 Å². The first-order valence-corrected chi connectivity index (χ1v) is 7.07. The molecule has 1 aromatic rings. The van der Waals surface area contributed by atoms with Crippen molar-refractivity contribution in [3.05, 3.63) is 22.9 Å². The molecule has 0 unspecified atom stereocenters. The van der Waals surface area contributed by atoms with E-state index >= 15 is 0 Å². The van der Waals surface area contributed by atoms with Crippen molar-refractivity contribution < 1.29 is 15.0 Å². The van der Waals surface area contributed by atoms with Crippen molar-refractivity contribution in [1.29, 1.82) is 0 Å². The van der Waals surface area contributed by atoms with Gasteiger partial charge in [-0.25, -0.2) is 0 Å². The number of carboxylic acids is 1. The Labute approximate surface area is 120 Å². The van der Waals surface area contributed by atoms with E-state index in [1.807, 2.05) is 6.07 Å². The number of nitrogens with zero attached hydrogens (tertiary/aromatic N) is 1. The van der Waals surface area contributed by atoms with Crippen molar-refractivity contribution in [2.24, 2.45) is 5.92 Å². The highest BCUT2D eigenvalue weighted by Crippen LogP contribution is 2.32. The molecule has 0 aliphatic heterocycles. The Morgan fingerprint density at radius 1 is 1.47 bits per heavy atom. The predicted octanol–water partition coefficient (Wildman–Crippen LogP) is 2.26. The van der Waals surface area contributed by atoms with Gasteiger partial charge < -0.3 is 15.5 Å². The van der Waals surface area contributed by atoms with Crippen LogP contribution in [-0.2, 0) is 4.79 Å². The van der Waals surface area contributed by atoms with Crippen LogP contribution in [-0.4, -0.2) is 33.3 Å². The first-order valence-electron chi connectivity index (χ1n) is 6.28. The van der Waals surface area contributed by atoms with Gasteiger partial charge in [-0.15, -0.1) is 0 Å². The zero-order valence-electron chi connectivity index (χ0n) is 10.5. The molecule has 104 valence electrons. The number of aromatic nitrogens is 1. The summed E-state index contributed by atoms with van der Waals surface area (Å²) < 4.78 is 0.874. The molecular formula is C13H17BrN2O3. The predicted molar refractivity (Wildman–Crippen MR) is 75.0 cm³/mol. The van der Waals surface area contributed by atoms with Gasteiger partial charge in [0.2, 0.25) is 0 Å². The molecule has 0 saturated heterocycles. The monoisotopic (exact) mass is 328 g/mol. The maximum absolute atomic E-state index is 10.9. The van der Waals surface area contributed by atoms with Crippen LogP contribution in [0.3, 0.4) is 0 Å². The summed E-state index contributed by atoms with van der Waals surface area (Å²) in [6.45, 7) is 0.414. The molecule has 0 atom stereocenters. The lowest BCUT2D eigenvalue weighted by atomic mass is 9.79. The topological polar surface area (TPSA) is 82.5 Å². The largest absolute Gasteiger partial charge is 0.481 e. The second kappa shape index (κ2) is 5.88. The molecule has 0 aromatic carbocycles. The summed E-state index contributed by atoms with van der Waals surface area (Å²) in [5, 5.41) is 22.5. The Bertz CT molecular complexity index is 459. The number of hydrogen-bond acceptors (Lipinski definition) is 4. The first kappa shape index (κ1) is 14.3. The number of aliphatic hydroxyl groups is 1. The summed E-state index contributed by atoms with van der Waals surface area (Å²) in [5.74, 6) is -1.07. The van der Waals surface area contributed by atoms with Crippen molar-refractivity contribution >= 4 is 27.6 Å². The third kappa shape index (κ3) is 3.91. The zero-order valence-corrected chi connectivity index (χ0v) is 12.1. The van der Waals surface area contributed by atoms with Crippen LogP contribution in [0.15, 0.2) is 22.9 Å². The van der Waals surface area contributed by atoms with Crippen molar-refractivity contribution in [3.63, 3.8) is 0 Å². The summed E-state index contributed by atoms with van der Waals surface area (Å²) in [6, 6.07) is 1.89. The van der Waals surface area contributed by atoms with Gasteiger partial charge in [0.1, 0.15) is 0 Å². The Hall–Kier alpha value is -1.14. The number of anilines is 1. The van der Waals surface area contributed by atoms with Crippen LogP contribution in [0, 0.1) is 5.92 Å². The Balaban J connectivity index is 1.88. The van der Waals surface area contributed by atoms with E-state index in [1.54, 1.807) is 12.4 Å². The average molecular weight is 329 g/mol. The summed E-state index contributed by atoms with van der Waals surface area (Å²) >= 11 is 3.34. The molecule has 1 fully saturated rings. The Morgan fingerprint density at radius 2 is 2.16 bits per heavy atom. The van der Waals surface area contributed by atoms with Crippen LogP contribution in [0.25, 0.3) is 0 Å². The van der Waals surface area contributed by atoms with Gasteiger partial charge in [-0.2, -0.15) is 0 Å². The lowest BCUT2D eigenvalue weighted by Crippen LogP contribution is -2.41. The molecule has 1 aliphatic carbocycles. The highest BCUT2D eigenvalue weighted by molar-refractivity contribution is 9.10. The normalized spacial score (nSPS) is 26.9. The molecule has 1 heterocycles. The fraction of sp³-hybridized carbons (Fsp3) is 0.538. The van der Waals surface area contributed by atoms with Crippen LogP contribution in [0.5, 0.6) is 0 Å². The SMILES string of the molecule is O=C(O)C1CCC(O)(CNc2cncc(Br)c2)CC1. The number of hydrogen-bond donors (Lipinski definition) is 3. The van der Waals surface area contributed by atoms with Gasteiger partial charge in [0.25, 0.3) is 0 Å². The Kier molecular flexibility index (Phi) is 4.42. The number of nitrogens with one attached hydrogen (secondary N) is 1. The summed E-state index contributed by atoms with van der Waals surface area (Å²) in [7, 11) is 0. The highest BCUT2D eigenvalue weighted by atomic mass is 79.9. The van der Waals surface area contributed by atoms with Crippen molar-refractivity contribution in [2.75, 3.05) is 11.9 Å². The molecule has 0 amide bonds. The average Bonchev–Trinajstić information content (AvgIpc) is 2.37. The molecule has 0 spiro atoms. The Morgan fingerprint density at radius 3 is 2.74 bits per heavy atom. The van der Waals surface area contributed by atoms with Crippen molar-refractivity contribution in [2.45, 2.75) is 31.3 Å². The van der Waals surface area contributed by atoms with Gasteiger partial charge in [-0.1, -0.05) is 0 Å². The highest BCUT2D eigenvalue weighted by Gasteiger charge is 2.35. The van der Waals surface area contributed by atoms with Crippen LogP contribution in [0.2, 0.25) is 0 Å². The van der Waals surface area contributed by atoms with E-state index < -0.39 is 11.6 Å². The van der Waals surface area contributed by atoms with Gasteiger partial charge in [0, 0.05) is 17.2 Å². The number of carbonyl (C=O) groups is 1. The molecule has 2 rings (SSSR count). The molecule has 0 radical (unpaired) electrons. The summed E-state index contributed by atoms with van der Waals surface area (Å²) in [4.78, 5) is 14.9. The number of halogens is 1. The van der Waals surface area contributed by atoms with E-state index in [0.29, 0.717) is 32.2 Å². The molecular weight excluding hydrogens is 312 g/mol. The molecule has 3 N–H and O–H groups in total. The van der Waals surface area contributed by atoms with Crippen LogP contribution < -0.4 is 5.32 Å². The molecule has 19 heavy (non-hydrogen) atoms. The van der Waals surface area contributed by atoms with Gasteiger partial charge >= 0.3 is 5.97 Å². The van der Waals surface area contributed by atoms with E-state index in [2.05, 4.69) is 26.2 Å². The fourth-order valence-electron chi connectivity index (χ4n) is 2.35. The standard InChI is InChI=1S/C13H17BrN2O3/c14-10-5-11(7-15-6-10)16-8-13(19)3-1-9(2-4-13)12(17)18/h5-7,9,16,19H,1-4,8H2,(H,17,18). The number of rotatable bonds is 4. The number of carboxylic acid groups (broad SMARTS) is 1. The third-order valence-corrected chi connectivity index (χ3v) is 4.03. The van der Waals surface area contributed by atoms with Crippen molar-refractivity contribution in [3.8, 4) is 0 Å². The maximum atomic E-state index is 10.9. The minimum Gasteiger partial charge on any atom is -0.481 e. The van der Waals surface area contributed by atoms with Crippen LogP contribution >= 0.6 is 15.9 Å². The molecule has 0 bridgehead atoms. The van der Waals surface area contributed by atoms with E-state index in [9.17, 15) is 9.90 Å². The van der Waals surface area contributed by atoms with Gasteiger partial charge in [-0.3, -0.25) is 9.78 Å². The van der Waals surface area contributed by atoms with E-state index in [-0.39, 0.29) is 5.92 Å². The summed E-state index contributed by atoms with van der Waals surface area (Å²) in [5.41, 5.74) is 0.0111. The van der Waals surface area contributed by atoms with E-state index in [1.165, 1.54) is 0 Å². The molecule has 1 aliphatic rings. The summed E-state index contributed by atoms with van der Waals surface area (Å²) in [6.07, 6.45) is 5.47. The number of pyridine rings is 1. The number of aliphatic carboxylic acids is 1. The second-order valence-corrected chi connectivity index (χ2v) is 6.00. The molecule has 5 nitrogen and oxygen atoms in total. The van der Waals surface area contributed by atoms with Gasteiger partial charge in [0.15, 0.2) is 0 Å². The van der Waals surface area contributed by atoms with E-state index in [4.69, 9.17) is 5.11 Å². The van der Waals surface area contributed by atoms with Gasteiger partial charge in [0.05, 0.1) is 23.4 Å². The fourth-order valence-corrected chi connectivity index (χ4v) is 2.72. The molecule has 1 saturated carbocycles. The molecule has 6 heteroatoms. The van der Waals surface area contributed by atoms with E-state index in [0.717, 1.165) is 10.2 Å². The smallest absolute Gasteiger partial charge is 0.306 e. The quantitative estimate of drug-likeness (QED) is 0.789. The third-order valence-electron chi connectivity index (χ3n) is 3.59. The molecule has 1 aromatic heterocycles. The minimum atomic E-state index is -0.825. The minimum absolute atomic E-state index is 0.312. The first-order chi connectivity index (χ1) is 8.98. The zero-order chi connectivity index (χ0) is 13.9. The van der Waals surface area contributed by atoms with Crippen molar-refractivity contribution in [1.82, 2.24) is 4.98 Å².